The van der Waals surface area contributed by atoms with Gasteiger partial charge in [-0.3, -0.25) is 4.79 Å². The van der Waals surface area contributed by atoms with Crippen LogP contribution in [-0.2, 0) is 9.53 Å². The van der Waals surface area contributed by atoms with E-state index in [2.05, 4.69) is 5.32 Å². The van der Waals surface area contributed by atoms with Gasteiger partial charge in [-0.15, -0.1) is 0 Å². The van der Waals surface area contributed by atoms with Crippen molar-refractivity contribution in [1.82, 2.24) is 5.32 Å². The molecule has 0 aliphatic carbocycles. The zero-order valence-corrected chi connectivity index (χ0v) is 12.3. The third kappa shape index (κ3) is 3.02. The molecule has 0 fully saturated rings. The lowest BCUT2D eigenvalue weighted by atomic mass is 10.0. The summed E-state index contributed by atoms with van der Waals surface area (Å²) < 4.78 is 10.8. The number of amides is 1. The predicted octanol–water partition coefficient (Wildman–Crippen LogP) is 3.28. The fourth-order valence-electron chi connectivity index (χ4n) is 2.44. The topological polar surface area (TPSA) is 51.5 Å². The zero-order chi connectivity index (χ0) is 15.4. The van der Waals surface area contributed by atoms with Gasteiger partial charge >= 0.3 is 0 Å². The highest BCUT2D eigenvalue weighted by Gasteiger charge is 2.20. The lowest BCUT2D eigenvalue weighted by molar-refractivity contribution is -0.125. The van der Waals surface area contributed by atoms with Gasteiger partial charge in [-0.05, 0) is 17.7 Å². The fourth-order valence-corrected chi connectivity index (χ4v) is 2.44. The maximum atomic E-state index is 11.9. The number of carbonyl (C=O) groups excluding carboxylic acids is 1. The average Bonchev–Trinajstić information content (AvgIpc) is 2.97. The van der Waals surface area contributed by atoms with Gasteiger partial charge in [0.05, 0.1) is 0 Å². The largest absolute Gasteiger partial charge is 0.459 e. The van der Waals surface area contributed by atoms with E-state index in [-0.39, 0.29) is 18.6 Å². The van der Waals surface area contributed by atoms with Gasteiger partial charge in [0.1, 0.15) is 24.0 Å². The summed E-state index contributed by atoms with van der Waals surface area (Å²) >= 11 is 0. The highest BCUT2D eigenvalue weighted by atomic mass is 16.5. The number of furan rings is 1. The minimum Gasteiger partial charge on any atom is -0.459 e. The molecule has 0 saturated heterocycles. The van der Waals surface area contributed by atoms with E-state index >= 15 is 0 Å². The predicted molar refractivity (Wildman–Crippen MR) is 84.5 cm³/mol. The minimum absolute atomic E-state index is 0.0174. The molecular formula is C18H17NO3. The van der Waals surface area contributed by atoms with Crippen LogP contribution in [0.4, 0.5) is 0 Å². The molecule has 3 aromatic rings. The molecule has 22 heavy (non-hydrogen) atoms. The number of fused-ring (bicyclic) bond motifs is 1. The second kappa shape index (κ2) is 6.45. The number of methoxy groups -OCH3 is 1. The third-order valence-corrected chi connectivity index (χ3v) is 3.44. The molecule has 1 atom stereocenters. The number of ether oxygens (including phenoxy) is 1. The maximum Gasteiger partial charge on any atom is 0.246 e. The van der Waals surface area contributed by atoms with Crippen LogP contribution in [0.25, 0.3) is 11.0 Å². The van der Waals surface area contributed by atoms with Crippen LogP contribution in [0.2, 0.25) is 0 Å². The lowest BCUT2D eigenvalue weighted by Crippen LogP contribution is -2.31. The summed E-state index contributed by atoms with van der Waals surface area (Å²) in [5.74, 6) is 0.522. The summed E-state index contributed by atoms with van der Waals surface area (Å²) in [7, 11) is 1.50. The van der Waals surface area contributed by atoms with Crippen LogP contribution in [0, 0.1) is 0 Å². The maximum absolute atomic E-state index is 11.9. The first-order valence-corrected chi connectivity index (χ1v) is 7.09. The second-order valence-corrected chi connectivity index (χ2v) is 5.03. The molecule has 1 N–H and O–H groups in total. The van der Waals surface area contributed by atoms with Crippen molar-refractivity contribution in [3.63, 3.8) is 0 Å². The van der Waals surface area contributed by atoms with Gasteiger partial charge in [-0.1, -0.05) is 48.5 Å². The number of rotatable bonds is 5. The van der Waals surface area contributed by atoms with Crippen molar-refractivity contribution in [3.8, 4) is 0 Å². The fraction of sp³-hybridized carbons (Fsp3) is 0.167. The molecule has 0 saturated carbocycles. The summed E-state index contributed by atoms with van der Waals surface area (Å²) in [5, 5.41) is 3.97. The van der Waals surface area contributed by atoms with Crippen LogP contribution in [0.5, 0.6) is 0 Å². The van der Waals surface area contributed by atoms with Gasteiger partial charge in [-0.25, -0.2) is 0 Å². The quantitative estimate of drug-likeness (QED) is 0.786. The van der Waals surface area contributed by atoms with Gasteiger partial charge in [0, 0.05) is 12.5 Å². The smallest absolute Gasteiger partial charge is 0.246 e. The number of carbonyl (C=O) groups is 1. The number of hydrogen-bond donors (Lipinski definition) is 1. The highest BCUT2D eigenvalue weighted by molar-refractivity contribution is 5.80. The third-order valence-electron chi connectivity index (χ3n) is 3.44. The van der Waals surface area contributed by atoms with E-state index in [1.165, 1.54) is 7.11 Å². The Morgan fingerprint density at radius 1 is 1.14 bits per heavy atom. The molecule has 0 aliphatic rings. The highest BCUT2D eigenvalue weighted by Crippen LogP contribution is 2.28. The Morgan fingerprint density at radius 3 is 2.59 bits per heavy atom. The Kier molecular flexibility index (Phi) is 4.21. The number of para-hydroxylation sites is 1. The first-order chi connectivity index (χ1) is 10.8. The first-order valence-electron chi connectivity index (χ1n) is 7.09. The summed E-state index contributed by atoms with van der Waals surface area (Å²) in [4.78, 5) is 11.9. The molecular weight excluding hydrogens is 278 g/mol. The molecule has 1 aromatic heterocycles. The molecule has 3 rings (SSSR count). The Morgan fingerprint density at radius 2 is 1.86 bits per heavy atom. The molecule has 2 aromatic carbocycles. The van der Waals surface area contributed by atoms with Crippen LogP contribution in [0.3, 0.4) is 0 Å². The van der Waals surface area contributed by atoms with E-state index < -0.39 is 0 Å². The van der Waals surface area contributed by atoms with Gasteiger partial charge in [0.25, 0.3) is 0 Å². The lowest BCUT2D eigenvalue weighted by Gasteiger charge is -2.16. The van der Waals surface area contributed by atoms with Crippen molar-refractivity contribution in [2.24, 2.45) is 0 Å². The minimum atomic E-state index is -0.337. The standard InChI is InChI=1S/C18H17NO3/c1-21-12-17(20)19-18(13-7-3-2-4-8-13)16-11-14-9-5-6-10-15(14)22-16/h2-11,18H,12H2,1H3,(H,19,20). The zero-order valence-electron chi connectivity index (χ0n) is 12.3. The molecule has 4 nitrogen and oxygen atoms in total. The summed E-state index contributed by atoms with van der Waals surface area (Å²) in [5.41, 5.74) is 1.77. The normalized spacial score (nSPS) is 12.2. The van der Waals surface area contributed by atoms with Gasteiger partial charge < -0.3 is 14.5 Å². The molecule has 0 radical (unpaired) electrons. The Balaban J connectivity index is 1.98. The first kappa shape index (κ1) is 14.4. The molecule has 1 unspecified atom stereocenters. The summed E-state index contributed by atoms with van der Waals surface area (Å²) in [6, 6.07) is 19.2. The van der Waals surface area contributed by atoms with Gasteiger partial charge in [0.15, 0.2) is 0 Å². The molecule has 4 heteroatoms. The Labute approximate surface area is 128 Å². The van der Waals surface area contributed by atoms with E-state index in [1.807, 2.05) is 60.7 Å². The van der Waals surface area contributed by atoms with Gasteiger partial charge in [0.2, 0.25) is 5.91 Å². The van der Waals surface area contributed by atoms with E-state index in [9.17, 15) is 4.79 Å². The number of hydrogen-bond acceptors (Lipinski definition) is 3. The molecule has 0 bridgehead atoms. The van der Waals surface area contributed by atoms with Gasteiger partial charge in [-0.2, -0.15) is 0 Å². The Bertz CT molecular complexity index is 731. The van der Waals surface area contributed by atoms with Crippen molar-refractivity contribution >= 4 is 16.9 Å². The number of nitrogens with one attached hydrogen (secondary N) is 1. The van der Waals surface area contributed by atoms with Crippen molar-refractivity contribution in [3.05, 3.63) is 72.0 Å². The van der Waals surface area contributed by atoms with E-state index in [1.54, 1.807) is 0 Å². The molecule has 1 heterocycles. The Hall–Kier alpha value is -2.59. The van der Waals surface area contributed by atoms with Crippen molar-refractivity contribution in [2.75, 3.05) is 13.7 Å². The molecule has 0 spiro atoms. The SMILES string of the molecule is COCC(=O)NC(c1ccccc1)c1cc2ccccc2o1. The second-order valence-electron chi connectivity index (χ2n) is 5.03. The van der Waals surface area contributed by atoms with Crippen molar-refractivity contribution < 1.29 is 13.9 Å². The monoisotopic (exact) mass is 295 g/mol. The average molecular weight is 295 g/mol. The van der Waals surface area contributed by atoms with E-state index in [4.69, 9.17) is 9.15 Å². The van der Waals surface area contributed by atoms with Crippen LogP contribution >= 0.6 is 0 Å². The van der Waals surface area contributed by atoms with Crippen LogP contribution in [0.15, 0.2) is 65.1 Å². The number of benzene rings is 2. The van der Waals surface area contributed by atoms with Crippen LogP contribution < -0.4 is 5.32 Å². The molecule has 0 aliphatic heterocycles. The van der Waals surface area contributed by atoms with Crippen molar-refractivity contribution in [1.29, 1.82) is 0 Å². The summed E-state index contributed by atoms with van der Waals surface area (Å²) in [6.07, 6.45) is 0. The van der Waals surface area contributed by atoms with E-state index in [0.29, 0.717) is 5.76 Å². The van der Waals surface area contributed by atoms with Crippen LogP contribution in [0.1, 0.15) is 17.4 Å². The molecule has 112 valence electrons. The molecule has 1 amide bonds. The van der Waals surface area contributed by atoms with Crippen LogP contribution in [-0.4, -0.2) is 19.6 Å². The van der Waals surface area contributed by atoms with Crippen molar-refractivity contribution in [2.45, 2.75) is 6.04 Å². The summed E-state index contributed by atoms with van der Waals surface area (Å²) in [6.45, 7) is 0.0174. The van der Waals surface area contributed by atoms with E-state index in [0.717, 1.165) is 16.5 Å².